The number of rotatable bonds is 3. The van der Waals surface area contributed by atoms with Crippen LogP contribution in [0.4, 0.5) is 0 Å². The van der Waals surface area contributed by atoms with Crippen molar-refractivity contribution in [1.29, 1.82) is 0 Å². The Hall–Kier alpha value is -2.62. The van der Waals surface area contributed by atoms with Crippen LogP contribution >= 0.6 is 0 Å². The first kappa shape index (κ1) is 13.4. The molecule has 4 nitrogen and oxygen atoms in total. The third kappa shape index (κ3) is 2.65. The fraction of sp³-hybridized carbons (Fsp3) is 0.176. The van der Waals surface area contributed by atoms with Gasteiger partial charge in [0.05, 0.1) is 0 Å². The van der Waals surface area contributed by atoms with Crippen LogP contribution in [0, 0.1) is 0 Å². The zero-order valence-electron chi connectivity index (χ0n) is 11.6. The average Bonchev–Trinajstić information content (AvgIpc) is 2.51. The lowest BCUT2D eigenvalue weighted by Gasteiger charge is -2.28. The summed E-state index contributed by atoms with van der Waals surface area (Å²) in [6, 6.07) is 14.8. The summed E-state index contributed by atoms with van der Waals surface area (Å²) in [5, 5.41) is 0. The summed E-state index contributed by atoms with van der Waals surface area (Å²) in [5.41, 5.74) is 8.60. The highest BCUT2D eigenvalue weighted by molar-refractivity contribution is 5.96. The molecule has 0 radical (unpaired) electrons. The number of hydrogen-bond donors (Lipinski definition) is 1. The standard InChI is InChI=1S/C17H16N2O2/c18-16(20)14-7-5-12(6-8-14)11-19-10-9-13-3-1-2-4-15(13)17(19)21/h1-8H,9-11H2,(H2,18,20). The fourth-order valence-electron chi connectivity index (χ4n) is 2.62. The molecule has 2 amide bonds. The average molecular weight is 280 g/mol. The summed E-state index contributed by atoms with van der Waals surface area (Å²) >= 11 is 0. The van der Waals surface area contributed by atoms with Gasteiger partial charge in [0.25, 0.3) is 5.91 Å². The van der Waals surface area contributed by atoms with E-state index in [2.05, 4.69) is 0 Å². The van der Waals surface area contributed by atoms with Gasteiger partial charge in [0.15, 0.2) is 0 Å². The zero-order chi connectivity index (χ0) is 14.8. The summed E-state index contributed by atoms with van der Waals surface area (Å²) in [4.78, 5) is 25.3. The minimum atomic E-state index is -0.440. The Labute approximate surface area is 123 Å². The molecule has 0 spiro atoms. The Kier molecular flexibility index (Phi) is 3.44. The lowest BCUT2D eigenvalue weighted by Crippen LogP contribution is -2.36. The van der Waals surface area contributed by atoms with Crippen molar-refractivity contribution in [3.05, 3.63) is 70.8 Å². The molecule has 2 N–H and O–H groups in total. The first-order chi connectivity index (χ1) is 10.1. The molecule has 1 heterocycles. The summed E-state index contributed by atoms with van der Waals surface area (Å²) in [7, 11) is 0. The van der Waals surface area contributed by atoms with E-state index in [-0.39, 0.29) is 5.91 Å². The van der Waals surface area contributed by atoms with E-state index >= 15 is 0 Å². The Morgan fingerprint density at radius 2 is 1.81 bits per heavy atom. The van der Waals surface area contributed by atoms with E-state index in [0.29, 0.717) is 18.7 Å². The SMILES string of the molecule is NC(=O)c1ccc(CN2CCc3ccccc3C2=O)cc1. The van der Waals surface area contributed by atoms with E-state index in [9.17, 15) is 9.59 Å². The zero-order valence-corrected chi connectivity index (χ0v) is 11.6. The van der Waals surface area contributed by atoms with Gasteiger partial charge in [0.1, 0.15) is 0 Å². The molecule has 0 bridgehead atoms. The van der Waals surface area contributed by atoms with Gasteiger partial charge >= 0.3 is 0 Å². The molecule has 2 aromatic rings. The van der Waals surface area contributed by atoms with Gasteiger partial charge in [-0.15, -0.1) is 0 Å². The van der Waals surface area contributed by atoms with Gasteiger partial charge in [-0.3, -0.25) is 9.59 Å². The van der Waals surface area contributed by atoms with E-state index in [1.807, 2.05) is 41.3 Å². The number of fused-ring (bicyclic) bond motifs is 1. The van der Waals surface area contributed by atoms with Crippen LogP contribution in [0.25, 0.3) is 0 Å². The molecular weight excluding hydrogens is 264 g/mol. The number of amides is 2. The van der Waals surface area contributed by atoms with Gasteiger partial charge in [-0.2, -0.15) is 0 Å². The smallest absolute Gasteiger partial charge is 0.254 e. The molecule has 0 aromatic heterocycles. The summed E-state index contributed by atoms with van der Waals surface area (Å²) in [6.45, 7) is 1.26. The molecule has 0 saturated heterocycles. The van der Waals surface area contributed by atoms with E-state index in [1.165, 1.54) is 0 Å². The largest absolute Gasteiger partial charge is 0.366 e. The summed E-state index contributed by atoms with van der Waals surface area (Å²) < 4.78 is 0. The van der Waals surface area contributed by atoms with Crippen molar-refractivity contribution in [2.24, 2.45) is 5.73 Å². The van der Waals surface area contributed by atoms with Gasteiger partial charge in [-0.25, -0.2) is 0 Å². The number of nitrogens with two attached hydrogens (primary N) is 1. The Morgan fingerprint density at radius 1 is 1.10 bits per heavy atom. The van der Waals surface area contributed by atoms with E-state index in [1.54, 1.807) is 12.1 Å². The van der Waals surface area contributed by atoms with Crippen LogP contribution in [0.5, 0.6) is 0 Å². The van der Waals surface area contributed by atoms with Crippen molar-refractivity contribution in [2.75, 3.05) is 6.54 Å². The maximum absolute atomic E-state index is 12.4. The molecule has 106 valence electrons. The van der Waals surface area contributed by atoms with E-state index in [4.69, 9.17) is 5.73 Å². The monoisotopic (exact) mass is 280 g/mol. The van der Waals surface area contributed by atoms with Crippen LogP contribution < -0.4 is 5.73 Å². The third-order valence-corrected chi connectivity index (χ3v) is 3.80. The highest BCUT2D eigenvalue weighted by atomic mass is 16.2. The first-order valence-electron chi connectivity index (χ1n) is 6.91. The molecule has 3 rings (SSSR count). The number of hydrogen-bond acceptors (Lipinski definition) is 2. The first-order valence-corrected chi connectivity index (χ1v) is 6.91. The van der Waals surface area contributed by atoms with Crippen molar-refractivity contribution < 1.29 is 9.59 Å². The van der Waals surface area contributed by atoms with Crippen molar-refractivity contribution in [3.8, 4) is 0 Å². The molecule has 1 aliphatic rings. The molecule has 1 aliphatic heterocycles. The normalized spacial score (nSPS) is 13.9. The number of benzene rings is 2. The van der Waals surface area contributed by atoms with Gasteiger partial charge in [-0.05, 0) is 35.7 Å². The van der Waals surface area contributed by atoms with E-state index < -0.39 is 5.91 Å². The number of carbonyl (C=O) groups excluding carboxylic acids is 2. The minimum Gasteiger partial charge on any atom is -0.366 e. The lowest BCUT2D eigenvalue weighted by molar-refractivity contribution is 0.0726. The lowest BCUT2D eigenvalue weighted by atomic mass is 9.98. The number of nitrogens with zero attached hydrogens (tertiary/aromatic N) is 1. The second-order valence-corrected chi connectivity index (χ2v) is 5.20. The Bertz CT molecular complexity index is 692. The molecule has 2 aromatic carbocycles. The van der Waals surface area contributed by atoms with Crippen LogP contribution in [0.15, 0.2) is 48.5 Å². The predicted molar refractivity (Wildman–Crippen MR) is 79.8 cm³/mol. The van der Waals surface area contributed by atoms with Crippen LogP contribution in [-0.4, -0.2) is 23.3 Å². The molecule has 21 heavy (non-hydrogen) atoms. The van der Waals surface area contributed by atoms with Gasteiger partial charge < -0.3 is 10.6 Å². The highest BCUT2D eigenvalue weighted by Crippen LogP contribution is 2.20. The minimum absolute atomic E-state index is 0.0656. The van der Waals surface area contributed by atoms with Gasteiger partial charge in [0.2, 0.25) is 5.91 Å². The second kappa shape index (κ2) is 5.40. The molecule has 0 aliphatic carbocycles. The quantitative estimate of drug-likeness (QED) is 0.934. The fourth-order valence-corrected chi connectivity index (χ4v) is 2.62. The molecule has 0 unspecified atom stereocenters. The highest BCUT2D eigenvalue weighted by Gasteiger charge is 2.23. The van der Waals surface area contributed by atoms with Crippen molar-refractivity contribution >= 4 is 11.8 Å². The maximum atomic E-state index is 12.4. The number of primary amides is 1. The topological polar surface area (TPSA) is 63.4 Å². The van der Waals surface area contributed by atoms with E-state index in [0.717, 1.165) is 23.1 Å². The summed E-state index contributed by atoms with van der Waals surface area (Å²) in [6.07, 6.45) is 0.876. The van der Waals surface area contributed by atoms with Gasteiger partial charge in [0, 0.05) is 24.2 Å². The molecule has 0 saturated carbocycles. The van der Waals surface area contributed by atoms with Crippen molar-refractivity contribution in [3.63, 3.8) is 0 Å². The Morgan fingerprint density at radius 3 is 2.52 bits per heavy atom. The van der Waals surface area contributed by atoms with Crippen LogP contribution in [-0.2, 0) is 13.0 Å². The number of carbonyl (C=O) groups is 2. The molecule has 4 heteroatoms. The molecule has 0 atom stereocenters. The predicted octanol–water partition coefficient (Wildman–Crippen LogP) is 1.98. The summed E-state index contributed by atoms with van der Waals surface area (Å²) in [5.74, 6) is -0.375. The van der Waals surface area contributed by atoms with Gasteiger partial charge in [-0.1, -0.05) is 30.3 Å². The van der Waals surface area contributed by atoms with Crippen LogP contribution in [0.1, 0.15) is 31.8 Å². The van der Waals surface area contributed by atoms with Crippen LogP contribution in [0.3, 0.4) is 0 Å². The van der Waals surface area contributed by atoms with Crippen molar-refractivity contribution in [2.45, 2.75) is 13.0 Å². The Balaban J connectivity index is 1.77. The second-order valence-electron chi connectivity index (χ2n) is 5.20. The van der Waals surface area contributed by atoms with Crippen LogP contribution in [0.2, 0.25) is 0 Å². The maximum Gasteiger partial charge on any atom is 0.254 e. The van der Waals surface area contributed by atoms with Crippen molar-refractivity contribution in [1.82, 2.24) is 4.90 Å². The molecule has 0 fully saturated rings. The third-order valence-electron chi connectivity index (χ3n) is 3.80. The molecular formula is C17H16N2O2.